The normalized spacial score (nSPS) is 22.5. The molecular weight excluding hydrogens is 310 g/mol. The van der Waals surface area contributed by atoms with Crippen molar-refractivity contribution in [3.63, 3.8) is 0 Å². The van der Waals surface area contributed by atoms with Crippen molar-refractivity contribution < 1.29 is 23.8 Å². The van der Waals surface area contributed by atoms with Crippen LogP contribution in [0, 0.1) is 0 Å². The van der Waals surface area contributed by atoms with Gasteiger partial charge in [0.25, 0.3) is 0 Å². The summed E-state index contributed by atoms with van der Waals surface area (Å²) in [5, 5.41) is 2.54. The zero-order chi connectivity index (χ0) is 17.5. The summed E-state index contributed by atoms with van der Waals surface area (Å²) in [6.07, 6.45) is 0.399. The van der Waals surface area contributed by atoms with Crippen LogP contribution in [-0.2, 0) is 25.6 Å². The van der Waals surface area contributed by atoms with Gasteiger partial charge in [-0.3, -0.25) is 5.32 Å². The predicted octanol–water partition coefficient (Wildman–Crippen LogP) is 2.93. The third kappa shape index (κ3) is 5.09. The van der Waals surface area contributed by atoms with Crippen LogP contribution >= 0.6 is 0 Å². The molecule has 2 rings (SSSR count). The number of benzene rings is 1. The molecule has 0 unspecified atom stereocenters. The lowest BCUT2D eigenvalue weighted by Gasteiger charge is -2.28. The van der Waals surface area contributed by atoms with E-state index in [9.17, 15) is 9.59 Å². The quantitative estimate of drug-likeness (QED) is 0.677. The molecule has 0 saturated carbocycles. The summed E-state index contributed by atoms with van der Waals surface area (Å²) in [6.45, 7) is 3.99. The molecule has 130 valence electrons. The Hall–Kier alpha value is -2.34. The molecule has 1 aliphatic rings. The Morgan fingerprint density at radius 1 is 1.17 bits per heavy atom. The van der Waals surface area contributed by atoms with E-state index in [1.807, 2.05) is 44.2 Å². The Kier molecular flexibility index (Phi) is 6.37. The topological polar surface area (TPSA) is 73.9 Å². The highest BCUT2D eigenvalue weighted by atomic mass is 16.6. The summed E-state index contributed by atoms with van der Waals surface area (Å²) >= 11 is 0. The van der Waals surface area contributed by atoms with Gasteiger partial charge in [0.2, 0.25) is 0 Å². The van der Waals surface area contributed by atoms with Crippen molar-refractivity contribution in [2.75, 3.05) is 7.11 Å². The minimum atomic E-state index is -0.682. The van der Waals surface area contributed by atoms with E-state index in [-0.39, 0.29) is 24.5 Å². The first kappa shape index (κ1) is 18.0. The second-order valence-corrected chi connectivity index (χ2v) is 5.82. The monoisotopic (exact) mass is 333 g/mol. The van der Waals surface area contributed by atoms with Crippen molar-refractivity contribution in [3.05, 3.63) is 47.2 Å². The zero-order valence-corrected chi connectivity index (χ0v) is 14.2. The van der Waals surface area contributed by atoms with Crippen molar-refractivity contribution in [1.29, 1.82) is 0 Å². The van der Waals surface area contributed by atoms with Crippen LogP contribution in [0.2, 0.25) is 0 Å². The second-order valence-electron chi connectivity index (χ2n) is 5.82. The van der Waals surface area contributed by atoms with Gasteiger partial charge < -0.3 is 14.2 Å². The summed E-state index contributed by atoms with van der Waals surface area (Å²) < 4.78 is 15.6. The molecule has 6 heteroatoms. The first-order chi connectivity index (χ1) is 11.5. The highest BCUT2D eigenvalue weighted by molar-refractivity contribution is 5.93. The minimum Gasteiger partial charge on any atom is -0.464 e. The van der Waals surface area contributed by atoms with Gasteiger partial charge in [-0.25, -0.2) is 9.59 Å². The standard InChI is InChI=1S/C18H23NO5/c1-12-9-15(10-13(2)24-12)16(17(20)22-3)19-18(21)23-11-14-7-5-4-6-8-14/h4-8,12-13H,9-11H2,1-3H3,(H,19,21)/t12-,13+. The van der Waals surface area contributed by atoms with Crippen LogP contribution < -0.4 is 5.32 Å². The molecular formula is C18H23NO5. The minimum absolute atomic E-state index is 0.0226. The van der Waals surface area contributed by atoms with Crippen molar-refractivity contribution in [1.82, 2.24) is 5.32 Å². The number of methoxy groups -OCH3 is 1. The van der Waals surface area contributed by atoms with E-state index in [1.165, 1.54) is 7.11 Å². The summed E-state index contributed by atoms with van der Waals surface area (Å²) in [5.74, 6) is -0.581. The van der Waals surface area contributed by atoms with Crippen LogP contribution in [-0.4, -0.2) is 31.4 Å². The molecule has 1 aromatic carbocycles. The lowest BCUT2D eigenvalue weighted by atomic mass is 9.97. The van der Waals surface area contributed by atoms with Crippen LogP contribution in [0.25, 0.3) is 0 Å². The molecule has 24 heavy (non-hydrogen) atoms. The van der Waals surface area contributed by atoms with Crippen LogP contribution in [0.1, 0.15) is 32.3 Å². The fourth-order valence-corrected chi connectivity index (χ4v) is 2.72. The van der Waals surface area contributed by atoms with Gasteiger partial charge in [-0.2, -0.15) is 0 Å². The van der Waals surface area contributed by atoms with E-state index >= 15 is 0 Å². The van der Waals surface area contributed by atoms with E-state index in [0.717, 1.165) is 11.1 Å². The predicted molar refractivity (Wildman–Crippen MR) is 88.0 cm³/mol. The number of carbonyl (C=O) groups excluding carboxylic acids is 2. The molecule has 1 amide bonds. The van der Waals surface area contributed by atoms with Gasteiger partial charge in [-0.1, -0.05) is 30.3 Å². The van der Waals surface area contributed by atoms with Crippen LogP contribution in [0.3, 0.4) is 0 Å². The summed E-state index contributed by atoms with van der Waals surface area (Å²) in [5.41, 5.74) is 1.83. The number of ether oxygens (including phenoxy) is 3. The number of nitrogens with one attached hydrogen (secondary N) is 1. The number of rotatable bonds is 4. The average molecular weight is 333 g/mol. The molecule has 1 fully saturated rings. The van der Waals surface area contributed by atoms with Gasteiger partial charge in [0.1, 0.15) is 12.3 Å². The van der Waals surface area contributed by atoms with Crippen LogP contribution in [0.4, 0.5) is 4.79 Å². The molecule has 1 aliphatic heterocycles. The Balaban J connectivity index is 2.05. The van der Waals surface area contributed by atoms with Gasteiger partial charge in [-0.05, 0) is 37.8 Å². The fourth-order valence-electron chi connectivity index (χ4n) is 2.72. The molecule has 1 aromatic rings. The maximum Gasteiger partial charge on any atom is 0.412 e. The lowest BCUT2D eigenvalue weighted by Crippen LogP contribution is -2.33. The van der Waals surface area contributed by atoms with Crippen molar-refractivity contribution in [2.24, 2.45) is 0 Å². The second kappa shape index (κ2) is 8.49. The maximum absolute atomic E-state index is 12.0. The average Bonchev–Trinajstić information content (AvgIpc) is 2.57. The molecule has 0 radical (unpaired) electrons. The number of alkyl carbamates (subject to hydrolysis) is 1. The largest absolute Gasteiger partial charge is 0.464 e. The fraction of sp³-hybridized carbons (Fsp3) is 0.444. The van der Waals surface area contributed by atoms with Crippen molar-refractivity contribution >= 4 is 12.1 Å². The Morgan fingerprint density at radius 3 is 2.38 bits per heavy atom. The molecule has 0 spiro atoms. The van der Waals surface area contributed by atoms with E-state index in [4.69, 9.17) is 14.2 Å². The third-order valence-electron chi connectivity index (χ3n) is 3.72. The highest BCUT2D eigenvalue weighted by Gasteiger charge is 2.26. The van der Waals surface area contributed by atoms with Crippen LogP contribution in [0.5, 0.6) is 0 Å². The summed E-state index contributed by atoms with van der Waals surface area (Å²) in [6, 6.07) is 9.33. The number of amides is 1. The zero-order valence-electron chi connectivity index (χ0n) is 14.2. The molecule has 1 N–H and O–H groups in total. The van der Waals surface area contributed by atoms with E-state index in [1.54, 1.807) is 0 Å². The first-order valence-electron chi connectivity index (χ1n) is 7.93. The Morgan fingerprint density at radius 2 is 1.79 bits per heavy atom. The van der Waals surface area contributed by atoms with Crippen LogP contribution in [0.15, 0.2) is 41.6 Å². The molecule has 1 heterocycles. The molecule has 6 nitrogen and oxygen atoms in total. The number of esters is 1. The lowest BCUT2D eigenvalue weighted by molar-refractivity contribution is -0.136. The van der Waals surface area contributed by atoms with E-state index < -0.39 is 12.1 Å². The summed E-state index contributed by atoms with van der Waals surface area (Å²) in [4.78, 5) is 24.1. The number of hydrogen-bond donors (Lipinski definition) is 1. The number of hydrogen-bond acceptors (Lipinski definition) is 5. The van der Waals surface area contributed by atoms with E-state index in [2.05, 4.69) is 5.32 Å². The smallest absolute Gasteiger partial charge is 0.412 e. The van der Waals surface area contributed by atoms with Gasteiger partial charge in [0, 0.05) is 0 Å². The van der Waals surface area contributed by atoms with Gasteiger partial charge in [0.15, 0.2) is 0 Å². The third-order valence-corrected chi connectivity index (χ3v) is 3.72. The molecule has 0 bridgehead atoms. The first-order valence-corrected chi connectivity index (χ1v) is 7.93. The van der Waals surface area contributed by atoms with Gasteiger partial charge >= 0.3 is 12.1 Å². The Labute approximate surface area is 141 Å². The number of carbonyl (C=O) groups is 2. The molecule has 1 saturated heterocycles. The molecule has 0 aliphatic carbocycles. The molecule has 2 atom stereocenters. The van der Waals surface area contributed by atoms with E-state index in [0.29, 0.717) is 12.8 Å². The maximum atomic E-state index is 12.0. The SMILES string of the molecule is COC(=O)C(NC(=O)OCc1ccccc1)=C1C[C@@H](C)O[C@@H](C)C1. The van der Waals surface area contributed by atoms with Crippen molar-refractivity contribution in [2.45, 2.75) is 45.5 Å². The van der Waals surface area contributed by atoms with Crippen molar-refractivity contribution in [3.8, 4) is 0 Å². The Bertz CT molecular complexity index is 599. The highest BCUT2D eigenvalue weighted by Crippen LogP contribution is 2.26. The van der Waals surface area contributed by atoms with Gasteiger partial charge in [-0.15, -0.1) is 0 Å². The summed E-state index contributed by atoms with van der Waals surface area (Å²) in [7, 11) is 1.28. The molecule has 0 aromatic heterocycles. The van der Waals surface area contributed by atoms with Gasteiger partial charge in [0.05, 0.1) is 19.3 Å².